The fourth-order valence-corrected chi connectivity index (χ4v) is 0. The molecule has 0 fully saturated rings. The molecular formula is C8H18K2O8. The van der Waals surface area contributed by atoms with Gasteiger partial charge in [0, 0.05) is 27.7 Å². The van der Waals surface area contributed by atoms with Crippen LogP contribution in [0.3, 0.4) is 0 Å². The molecule has 4 N–H and O–H groups in total. The SMILES string of the molecule is CC(=O)O.CC(=O)O.CC(=O)O.CC(=O)O.[KH].[KH]. The second kappa shape index (κ2) is 30.9. The van der Waals surface area contributed by atoms with E-state index in [1.165, 1.54) is 0 Å². The number of carbonyl (C=O) groups is 4. The van der Waals surface area contributed by atoms with E-state index in [0.29, 0.717) is 0 Å². The van der Waals surface area contributed by atoms with Crippen LogP contribution >= 0.6 is 0 Å². The van der Waals surface area contributed by atoms with Crippen molar-refractivity contribution >= 4 is 127 Å². The van der Waals surface area contributed by atoms with Crippen LogP contribution in [0.15, 0.2) is 0 Å². The van der Waals surface area contributed by atoms with Crippen LogP contribution in [0.1, 0.15) is 27.7 Å². The Hall–Kier alpha value is 1.15. The van der Waals surface area contributed by atoms with Crippen molar-refractivity contribution < 1.29 is 39.6 Å². The standard InChI is InChI=1S/4C2H4O2.2K.2H/c4*1-2(3)4;;;;/h4*1H3,(H,3,4);;;;. The molecule has 0 rings (SSSR count). The van der Waals surface area contributed by atoms with Crippen LogP contribution in [0.5, 0.6) is 0 Å². The molecular weight excluding hydrogens is 302 g/mol. The molecule has 0 aromatic rings. The Labute approximate surface area is 190 Å². The first-order chi connectivity index (χ1) is 6.93. The Morgan fingerprint density at radius 1 is 0.500 bits per heavy atom. The molecule has 18 heavy (non-hydrogen) atoms. The van der Waals surface area contributed by atoms with Crippen molar-refractivity contribution in [3.05, 3.63) is 0 Å². The summed E-state index contributed by atoms with van der Waals surface area (Å²) in [7, 11) is 0. The third kappa shape index (κ3) is 3370. The van der Waals surface area contributed by atoms with E-state index in [9.17, 15) is 0 Å². The minimum absolute atomic E-state index is 0. The topological polar surface area (TPSA) is 149 Å². The summed E-state index contributed by atoms with van der Waals surface area (Å²) >= 11 is 0. The van der Waals surface area contributed by atoms with Gasteiger partial charge in [0.25, 0.3) is 23.9 Å². The van der Waals surface area contributed by atoms with Gasteiger partial charge in [-0.05, 0) is 0 Å². The van der Waals surface area contributed by atoms with Crippen molar-refractivity contribution in [1.82, 2.24) is 0 Å². The second-order valence-electron chi connectivity index (χ2n) is 2.08. The fourth-order valence-electron chi connectivity index (χ4n) is 0. The Bertz CT molecular complexity index is 165. The molecule has 100 valence electrons. The molecule has 0 aliphatic heterocycles. The van der Waals surface area contributed by atoms with Gasteiger partial charge in [0.15, 0.2) is 0 Å². The third-order valence-corrected chi connectivity index (χ3v) is 0. The molecule has 0 aromatic heterocycles. The Morgan fingerprint density at radius 2 is 0.500 bits per heavy atom. The molecule has 0 aromatic carbocycles. The van der Waals surface area contributed by atoms with Gasteiger partial charge >= 0.3 is 103 Å². The zero-order valence-electron chi connectivity index (χ0n) is 9.42. The van der Waals surface area contributed by atoms with E-state index in [1.807, 2.05) is 0 Å². The minimum atomic E-state index is -0.833. The molecule has 0 atom stereocenters. The maximum absolute atomic E-state index is 9.00. The first-order valence-electron chi connectivity index (χ1n) is 3.71. The van der Waals surface area contributed by atoms with Gasteiger partial charge in [-0.25, -0.2) is 0 Å². The van der Waals surface area contributed by atoms with Gasteiger partial charge in [0.2, 0.25) is 0 Å². The number of rotatable bonds is 0. The summed E-state index contributed by atoms with van der Waals surface area (Å²) in [5.74, 6) is -3.33. The van der Waals surface area contributed by atoms with E-state index in [-0.39, 0.29) is 103 Å². The normalized spacial score (nSPS) is 5.56. The van der Waals surface area contributed by atoms with Gasteiger partial charge in [-0.15, -0.1) is 0 Å². The van der Waals surface area contributed by atoms with E-state index in [4.69, 9.17) is 39.6 Å². The van der Waals surface area contributed by atoms with Gasteiger partial charge in [-0.2, -0.15) is 0 Å². The fraction of sp³-hybridized carbons (Fsp3) is 0.500. The van der Waals surface area contributed by atoms with Crippen LogP contribution in [-0.2, 0) is 19.2 Å². The first-order valence-corrected chi connectivity index (χ1v) is 3.71. The Kier molecular flexibility index (Phi) is 62.6. The van der Waals surface area contributed by atoms with E-state index in [0.717, 1.165) is 27.7 Å². The van der Waals surface area contributed by atoms with Crippen molar-refractivity contribution in [2.75, 3.05) is 0 Å². The average Bonchev–Trinajstić information content (AvgIpc) is 1.76. The molecule has 0 aliphatic carbocycles. The number of hydrogen-bond donors (Lipinski definition) is 4. The van der Waals surface area contributed by atoms with E-state index in [1.54, 1.807) is 0 Å². The van der Waals surface area contributed by atoms with E-state index >= 15 is 0 Å². The summed E-state index contributed by atoms with van der Waals surface area (Å²) in [5.41, 5.74) is 0. The zero-order valence-corrected chi connectivity index (χ0v) is 9.42. The summed E-state index contributed by atoms with van der Waals surface area (Å²) in [4.78, 5) is 36.0. The van der Waals surface area contributed by atoms with Crippen LogP contribution < -0.4 is 0 Å². The molecule has 8 nitrogen and oxygen atoms in total. The molecule has 10 heteroatoms. The first kappa shape index (κ1) is 36.5. The summed E-state index contributed by atoms with van der Waals surface area (Å²) in [5, 5.41) is 29.7. The molecule has 0 radical (unpaired) electrons. The second-order valence-corrected chi connectivity index (χ2v) is 2.08. The zero-order chi connectivity index (χ0) is 14.3. The van der Waals surface area contributed by atoms with Gasteiger partial charge in [0.05, 0.1) is 0 Å². The van der Waals surface area contributed by atoms with Crippen LogP contribution in [0, 0.1) is 0 Å². The van der Waals surface area contributed by atoms with Gasteiger partial charge in [-0.1, -0.05) is 0 Å². The summed E-state index contributed by atoms with van der Waals surface area (Å²) in [6, 6.07) is 0. The molecule has 0 bridgehead atoms. The Balaban J connectivity index is -0.0000000257. The number of hydrogen-bond acceptors (Lipinski definition) is 4. The molecule has 0 saturated heterocycles. The molecule has 0 heterocycles. The number of carboxylic acids is 4. The van der Waals surface area contributed by atoms with Crippen molar-refractivity contribution in [2.24, 2.45) is 0 Å². The molecule has 0 unspecified atom stereocenters. The van der Waals surface area contributed by atoms with Crippen molar-refractivity contribution in [2.45, 2.75) is 27.7 Å². The van der Waals surface area contributed by atoms with E-state index in [2.05, 4.69) is 0 Å². The van der Waals surface area contributed by atoms with Gasteiger partial charge < -0.3 is 20.4 Å². The van der Waals surface area contributed by atoms with Gasteiger partial charge in [0.1, 0.15) is 0 Å². The predicted octanol–water partition coefficient (Wildman–Crippen LogP) is -0.933. The van der Waals surface area contributed by atoms with Crippen LogP contribution in [0.25, 0.3) is 0 Å². The maximum atomic E-state index is 9.00. The monoisotopic (exact) mass is 320 g/mol. The summed E-state index contributed by atoms with van der Waals surface area (Å²) < 4.78 is 0. The number of aliphatic carboxylic acids is 4. The van der Waals surface area contributed by atoms with Gasteiger partial charge in [-0.3, -0.25) is 19.2 Å². The molecule has 0 saturated carbocycles. The van der Waals surface area contributed by atoms with Crippen molar-refractivity contribution in [1.29, 1.82) is 0 Å². The van der Waals surface area contributed by atoms with Crippen LogP contribution in [0.4, 0.5) is 0 Å². The predicted molar refractivity (Wildman–Crippen MR) is 67.5 cm³/mol. The average molecular weight is 320 g/mol. The summed E-state index contributed by atoms with van der Waals surface area (Å²) in [6.07, 6.45) is 0. The van der Waals surface area contributed by atoms with Crippen LogP contribution in [0.2, 0.25) is 0 Å². The van der Waals surface area contributed by atoms with Crippen LogP contribution in [-0.4, -0.2) is 147 Å². The third-order valence-electron chi connectivity index (χ3n) is 0. The quantitative estimate of drug-likeness (QED) is 0.418. The molecule has 0 amide bonds. The van der Waals surface area contributed by atoms with Crippen molar-refractivity contribution in [3.63, 3.8) is 0 Å². The van der Waals surface area contributed by atoms with E-state index < -0.39 is 23.9 Å². The van der Waals surface area contributed by atoms with Crippen molar-refractivity contribution in [3.8, 4) is 0 Å². The number of carboxylic acid groups (broad SMARTS) is 4. The Morgan fingerprint density at radius 3 is 0.500 bits per heavy atom. The molecule has 0 spiro atoms. The molecule has 0 aliphatic rings. The summed E-state index contributed by atoms with van der Waals surface area (Å²) in [6.45, 7) is 4.33.